The van der Waals surface area contributed by atoms with Crippen molar-refractivity contribution in [2.45, 2.75) is 12.8 Å². The molecule has 0 saturated heterocycles. The van der Waals surface area contributed by atoms with E-state index < -0.39 is 10.0 Å². The molecule has 5 nitrogen and oxygen atoms in total. The molecule has 0 aromatic carbocycles. The van der Waals surface area contributed by atoms with Gasteiger partial charge in [0.15, 0.2) is 0 Å². The van der Waals surface area contributed by atoms with E-state index >= 15 is 0 Å². The summed E-state index contributed by atoms with van der Waals surface area (Å²) in [7, 11) is -3.20. The van der Waals surface area contributed by atoms with Crippen molar-refractivity contribution in [3.05, 3.63) is 0 Å². The summed E-state index contributed by atoms with van der Waals surface area (Å²) in [5.41, 5.74) is 0. The van der Waals surface area contributed by atoms with Crippen molar-refractivity contribution >= 4 is 10.0 Å². The van der Waals surface area contributed by atoms with Crippen LogP contribution in [0, 0.1) is 0 Å². The largest absolute Gasteiger partial charge is 0.396 e. The second kappa shape index (κ2) is 6.31. The molecule has 0 rings (SSSR count). The molecule has 0 radical (unpaired) electrons. The summed E-state index contributed by atoms with van der Waals surface area (Å²) in [6, 6.07) is 0. The van der Waals surface area contributed by atoms with Crippen LogP contribution in [0.25, 0.3) is 0 Å². The Morgan fingerprint density at radius 3 is 1.69 bits per heavy atom. The van der Waals surface area contributed by atoms with Gasteiger partial charge in [-0.1, -0.05) is 0 Å². The summed E-state index contributed by atoms with van der Waals surface area (Å²) in [4.78, 5) is 0. The van der Waals surface area contributed by atoms with Crippen molar-refractivity contribution in [1.82, 2.24) is 4.31 Å². The fourth-order valence-electron chi connectivity index (χ4n) is 0.938. The van der Waals surface area contributed by atoms with Gasteiger partial charge in [-0.15, -0.1) is 0 Å². The van der Waals surface area contributed by atoms with Crippen LogP contribution in [0.3, 0.4) is 0 Å². The van der Waals surface area contributed by atoms with E-state index in [4.69, 9.17) is 10.2 Å². The molecule has 0 atom stereocenters. The van der Waals surface area contributed by atoms with E-state index in [0.29, 0.717) is 25.9 Å². The molecule has 0 aliphatic carbocycles. The lowest BCUT2D eigenvalue weighted by molar-refractivity contribution is 0.250. The minimum Gasteiger partial charge on any atom is -0.396 e. The number of aliphatic hydroxyl groups excluding tert-OH is 2. The third-order valence-electron chi connectivity index (χ3n) is 1.60. The van der Waals surface area contributed by atoms with Crippen molar-refractivity contribution in [1.29, 1.82) is 0 Å². The van der Waals surface area contributed by atoms with Crippen molar-refractivity contribution < 1.29 is 18.6 Å². The fraction of sp³-hybridized carbons (Fsp3) is 1.00. The third-order valence-corrected chi connectivity index (χ3v) is 2.90. The number of hydrogen-bond donors (Lipinski definition) is 2. The Labute approximate surface area is 79.0 Å². The Morgan fingerprint density at radius 1 is 1.08 bits per heavy atom. The van der Waals surface area contributed by atoms with Gasteiger partial charge >= 0.3 is 0 Å². The van der Waals surface area contributed by atoms with E-state index in [2.05, 4.69) is 0 Å². The molecule has 0 bridgehead atoms. The molecule has 0 unspecified atom stereocenters. The van der Waals surface area contributed by atoms with Crippen LogP contribution in [0.2, 0.25) is 0 Å². The van der Waals surface area contributed by atoms with Crippen molar-refractivity contribution in [3.8, 4) is 0 Å². The molecule has 0 heterocycles. The van der Waals surface area contributed by atoms with Crippen LogP contribution >= 0.6 is 0 Å². The molecular weight excluding hydrogens is 194 g/mol. The van der Waals surface area contributed by atoms with Gasteiger partial charge < -0.3 is 10.2 Å². The molecular formula is C7H17NO4S. The molecule has 0 aromatic rings. The SMILES string of the molecule is CS(=O)(=O)N(CCCO)CCCO. The highest BCUT2D eigenvalue weighted by atomic mass is 32.2. The Balaban J connectivity index is 4.04. The molecule has 2 N–H and O–H groups in total. The molecule has 6 heteroatoms. The van der Waals surface area contributed by atoms with Gasteiger partial charge in [-0.05, 0) is 12.8 Å². The molecule has 0 aromatic heterocycles. The molecule has 13 heavy (non-hydrogen) atoms. The molecule has 0 amide bonds. The lowest BCUT2D eigenvalue weighted by atomic mass is 10.4. The summed E-state index contributed by atoms with van der Waals surface area (Å²) in [6.45, 7) is 0.584. The maximum absolute atomic E-state index is 11.1. The zero-order valence-corrected chi connectivity index (χ0v) is 8.63. The predicted octanol–water partition coefficient (Wildman–Crippen LogP) is -0.987. The Kier molecular flexibility index (Phi) is 6.23. The summed E-state index contributed by atoms with van der Waals surface area (Å²) < 4.78 is 23.5. The van der Waals surface area contributed by atoms with Crippen LogP contribution in [0.15, 0.2) is 0 Å². The first-order valence-corrected chi connectivity index (χ1v) is 6.04. The first-order chi connectivity index (χ1) is 6.02. The minimum atomic E-state index is -3.20. The van der Waals surface area contributed by atoms with Crippen LogP contribution in [0.5, 0.6) is 0 Å². The van der Waals surface area contributed by atoms with Crippen LogP contribution in [-0.2, 0) is 10.0 Å². The lowest BCUT2D eigenvalue weighted by Crippen LogP contribution is -2.32. The quantitative estimate of drug-likeness (QED) is 0.567. The van der Waals surface area contributed by atoms with E-state index in [1.807, 2.05) is 0 Å². The minimum absolute atomic E-state index is 0.0227. The Morgan fingerprint density at radius 2 is 1.46 bits per heavy atom. The van der Waals surface area contributed by atoms with Gasteiger partial charge in [0.25, 0.3) is 0 Å². The second-order valence-electron chi connectivity index (χ2n) is 2.82. The van der Waals surface area contributed by atoms with Gasteiger partial charge in [0.2, 0.25) is 10.0 Å². The molecule has 0 saturated carbocycles. The number of sulfonamides is 1. The van der Waals surface area contributed by atoms with Crippen molar-refractivity contribution in [2.75, 3.05) is 32.6 Å². The zero-order chi connectivity index (χ0) is 10.3. The van der Waals surface area contributed by atoms with Gasteiger partial charge in [0.05, 0.1) is 6.26 Å². The standard InChI is InChI=1S/C7H17NO4S/c1-13(11,12)8(4-2-6-9)5-3-7-10/h9-10H,2-7H2,1H3. The van der Waals surface area contributed by atoms with Gasteiger partial charge in [-0.3, -0.25) is 0 Å². The smallest absolute Gasteiger partial charge is 0.211 e. The van der Waals surface area contributed by atoms with E-state index in [9.17, 15) is 8.42 Å². The van der Waals surface area contributed by atoms with Gasteiger partial charge in [0.1, 0.15) is 0 Å². The Bertz CT molecular complexity index is 207. The lowest BCUT2D eigenvalue weighted by Gasteiger charge is -2.18. The van der Waals surface area contributed by atoms with Crippen molar-refractivity contribution in [3.63, 3.8) is 0 Å². The highest BCUT2D eigenvalue weighted by Gasteiger charge is 2.14. The highest BCUT2D eigenvalue weighted by molar-refractivity contribution is 7.88. The number of aliphatic hydroxyl groups is 2. The molecule has 0 aliphatic heterocycles. The maximum Gasteiger partial charge on any atom is 0.211 e. The van der Waals surface area contributed by atoms with E-state index in [1.54, 1.807) is 0 Å². The monoisotopic (exact) mass is 211 g/mol. The van der Waals surface area contributed by atoms with Crippen LogP contribution in [-0.4, -0.2) is 55.5 Å². The topological polar surface area (TPSA) is 77.8 Å². The van der Waals surface area contributed by atoms with Crippen LogP contribution < -0.4 is 0 Å². The van der Waals surface area contributed by atoms with Gasteiger partial charge in [-0.25, -0.2) is 12.7 Å². The summed E-state index contributed by atoms with van der Waals surface area (Å²) in [5, 5.41) is 17.1. The predicted molar refractivity (Wildman–Crippen MR) is 49.8 cm³/mol. The maximum atomic E-state index is 11.1. The first-order valence-electron chi connectivity index (χ1n) is 4.19. The molecule has 0 fully saturated rings. The first kappa shape index (κ1) is 12.8. The van der Waals surface area contributed by atoms with Crippen molar-refractivity contribution in [2.24, 2.45) is 0 Å². The van der Waals surface area contributed by atoms with Gasteiger partial charge in [-0.2, -0.15) is 0 Å². The summed E-state index contributed by atoms with van der Waals surface area (Å²) in [5.74, 6) is 0. The molecule has 0 spiro atoms. The van der Waals surface area contributed by atoms with E-state index in [1.165, 1.54) is 4.31 Å². The number of hydrogen-bond acceptors (Lipinski definition) is 4. The van der Waals surface area contributed by atoms with Crippen LogP contribution in [0.1, 0.15) is 12.8 Å². The second-order valence-corrected chi connectivity index (χ2v) is 4.80. The summed E-state index contributed by atoms with van der Waals surface area (Å²) >= 11 is 0. The summed E-state index contributed by atoms with van der Waals surface area (Å²) in [6.07, 6.45) is 1.98. The van der Waals surface area contributed by atoms with E-state index in [-0.39, 0.29) is 13.2 Å². The normalized spacial score (nSPS) is 12.3. The number of nitrogens with zero attached hydrogens (tertiary/aromatic N) is 1. The highest BCUT2D eigenvalue weighted by Crippen LogP contribution is 2.00. The number of rotatable bonds is 7. The van der Waals surface area contributed by atoms with Crippen LogP contribution in [0.4, 0.5) is 0 Å². The fourth-order valence-corrected chi connectivity index (χ4v) is 1.86. The zero-order valence-electron chi connectivity index (χ0n) is 7.81. The Hall–Kier alpha value is -0.170. The average molecular weight is 211 g/mol. The molecule has 80 valence electrons. The van der Waals surface area contributed by atoms with E-state index in [0.717, 1.165) is 6.26 Å². The third kappa shape index (κ3) is 5.98. The molecule has 0 aliphatic rings. The van der Waals surface area contributed by atoms with Gasteiger partial charge in [0, 0.05) is 26.3 Å². The average Bonchev–Trinajstić information content (AvgIpc) is 2.02.